The number of carbonyl (C=O) groups is 1. The average Bonchev–Trinajstić information content (AvgIpc) is 3.30. The lowest BCUT2D eigenvalue weighted by atomic mass is 10.0. The zero-order valence-electron chi connectivity index (χ0n) is 16.8. The van der Waals surface area contributed by atoms with E-state index in [0.717, 1.165) is 5.56 Å². The normalized spacial score (nSPS) is 12.4. The van der Waals surface area contributed by atoms with E-state index >= 15 is 0 Å². The number of rotatable bonds is 6. The molecule has 0 aliphatic carbocycles. The molecule has 1 unspecified atom stereocenters. The van der Waals surface area contributed by atoms with Crippen LogP contribution in [0.3, 0.4) is 0 Å². The van der Waals surface area contributed by atoms with E-state index in [1.165, 1.54) is 17.6 Å². The van der Waals surface area contributed by atoms with Crippen molar-refractivity contribution in [3.8, 4) is 17.2 Å². The standard InChI is InChI=1S/C21H24N2O5S/c1-21(2,3)28-20(25)23-19-22-17(16-10-7-11-27-16)18(29-19)14(24)12-13-8-5-6-9-15(13)26-4/h5-11,14,24H,12H2,1-4H3,(H,22,23,25). The van der Waals surface area contributed by atoms with Crippen LogP contribution in [0.1, 0.15) is 37.3 Å². The molecule has 1 atom stereocenters. The lowest BCUT2D eigenvalue weighted by molar-refractivity contribution is 0.0636. The van der Waals surface area contributed by atoms with Crippen molar-refractivity contribution in [1.82, 2.24) is 4.98 Å². The molecule has 8 heteroatoms. The average molecular weight is 416 g/mol. The van der Waals surface area contributed by atoms with Crippen LogP contribution < -0.4 is 10.1 Å². The van der Waals surface area contributed by atoms with Crippen molar-refractivity contribution in [2.75, 3.05) is 12.4 Å². The molecule has 0 spiro atoms. The van der Waals surface area contributed by atoms with E-state index < -0.39 is 17.8 Å². The molecule has 1 amide bonds. The molecule has 0 fully saturated rings. The molecular weight excluding hydrogens is 392 g/mol. The van der Waals surface area contributed by atoms with E-state index in [0.29, 0.717) is 33.6 Å². The van der Waals surface area contributed by atoms with Gasteiger partial charge in [-0.15, -0.1) is 0 Å². The Morgan fingerprint density at radius 2 is 2.03 bits per heavy atom. The Balaban J connectivity index is 1.88. The van der Waals surface area contributed by atoms with Crippen LogP contribution in [0.4, 0.5) is 9.93 Å². The highest BCUT2D eigenvalue weighted by atomic mass is 32.1. The van der Waals surface area contributed by atoms with Crippen molar-refractivity contribution in [2.45, 2.75) is 38.9 Å². The minimum absolute atomic E-state index is 0.319. The van der Waals surface area contributed by atoms with Gasteiger partial charge >= 0.3 is 6.09 Å². The molecule has 29 heavy (non-hydrogen) atoms. The van der Waals surface area contributed by atoms with Gasteiger partial charge in [0.05, 0.1) is 24.4 Å². The topological polar surface area (TPSA) is 93.8 Å². The van der Waals surface area contributed by atoms with Crippen LogP contribution in [0.25, 0.3) is 11.5 Å². The first-order chi connectivity index (χ1) is 13.8. The number of anilines is 1. The van der Waals surface area contributed by atoms with Crippen LogP contribution in [0.5, 0.6) is 5.75 Å². The second-order valence-electron chi connectivity index (χ2n) is 7.37. The Bertz CT molecular complexity index is 960. The second-order valence-corrected chi connectivity index (χ2v) is 8.40. The number of hydrogen-bond acceptors (Lipinski definition) is 7. The molecule has 3 rings (SSSR count). The number of furan rings is 1. The minimum Gasteiger partial charge on any atom is -0.496 e. The van der Waals surface area contributed by atoms with Crippen molar-refractivity contribution < 1.29 is 23.8 Å². The molecule has 2 aromatic heterocycles. The second kappa shape index (κ2) is 8.67. The van der Waals surface area contributed by atoms with Gasteiger partial charge in [-0.2, -0.15) is 0 Å². The monoisotopic (exact) mass is 416 g/mol. The number of carbonyl (C=O) groups excluding carboxylic acids is 1. The maximum Gasteiger partial charge on any atom is 0.413 e. The summed E-state index contributed by atoms with van der Waals surface area (Å²) in [5.41, 5.74) is 0.716. The number of thiazole rings is 1. The van der Waals surface area contributed by atoms with Crippen LogP contribution in [-0.2, 0) is 11.2 Å². The lowest BCUT2D eigenvalue weighted by Crippen LogP contribution is -2.27. The summed E-state index contributed by atoms with van der Waals surface area (Å²) in [6.07, 6.45) is 0.388. The summed E-state index contributed by atoms with van der Waals surface area (Å²) in [4.78, 5) is 17.1. The highest BCUT2D eigenvalue weighted by molar-refractivity contribution is 7.16. The predicted octanol–water partition coefficient (Wildman–Crippen LogP) is 5.03. The van der Waals surface area contributed by atoms with E-state index in [2.05, 4.69) is 10.3 Å². The number of aliphatic hydroxyl groups is 1. The van der Waals surface area contributed by atoms with Gasteiger partial charge in [0, 0.05) is 6.42 Å². The third kappa shape index (κ3) is 5.36. The van der Waals surface area contributed by atoms with Gasteiger partial charge in [-0.05, 0) is 44.5 Å². The molecule has 0 saturated heterocycles. The van der Waals surface area contributed by atoms with Gasteiger partial charge in [-0.3, -0.25) is 5.32 Å². The van der Waals surface area contributed by atoms with Crippen LogP contribution in [-0.4, -0.2) is 28.9 Å². The summed E-state index contributed by atoms with van der Waals surface area (Å²) in [5, 5.41) is 13.9. The molecule has 0 aliphatic heterocycles. The Labute approximate surface area is 173 Å². The van der Waals surface area contributed by atoms with Crippen LogP contribution in [0.15, 0.2) is 47.1 Å². The Morgan fingerprint density at radius 3 is 2.69 bits per heavy atom. The van der Waals surface area contributed by atoms with Crippen molar-refractivity contribution in [2.24, 2.45) is 0 Å². The van der Waals surface area contributed by atoms with Crippen LogP contribution in [0, 0.1) is 0 Å². The summed E-state index contributed by atoms with van der Waals surface area (Å²) in [5.74, 6) is 1.20. The number of nitrogens with zero attached hydrogens (tertiary/aromatic N) is 1. The van der Waals surface area contributed by atoms with Crippen LogP contribution >= 0.6 is 11.3 Å². The zero-order chi connectivity index (χ0) is 21.0. The number of methoxy groups -OCH3 is 1. The minimum atomic E-state index is -0.863. The third-order valence-corrected chi connectivity index (χ3v) is 5.00. The fourth-order valence-electron chi connectivity index (χ4n) is 2.76. The van der Waals surface area contributed by atoms with E-state index in [-0.39, 0.29) is 0 Å². The Kier molecular flexibility index (Phi) is 6.24. The Morgan fingerprint density at radius 1 is 1.28 bits per heavy atom. The van der Waals surface area contributed by atoms with Gasteiger partial charge in [0.15, 0.2) is 10.9 Å². The number of para-hydroxylation sites is 1. The molecular formula is C21H24N2O5S. The number of aromatic nitrogens is 1. The largest absolute Gasteiger partial charge is 0.496 e. The molecule has 0 saturated carbocycles. The van der Waals surface area contributed by atoms with Crippen molar-refractivity contribution in [1.29, 1.82) is 0 Å². The molecule has 0 bridgehead atoms. The summed E-state index contributed by atoms with van der Waals surface area (Å²) in [6.45, 7) is 5.35. The summed E-state index contributed by atoms with van der Waals surface area (Å²) in [6, 6.07) is 11.0. The SMILES string of the molecule is COc1ccccc1CC(O)c1sc(NC(=O)OC(C)(C)C)nc1-c1ccco1. The van der Waals surface area contributed by atoms with Gasteiger partial charge in [0.2, 0.25) is 0 Å². The maximum absolute atomic E-state index is 12.1. The van der Waals surface area contributed by atoms with Gasteiger partial charge in [-0.1, -0.05) is 29.5 Å². The predicted molar refractivity (Wildman–Crippen MR) is 111 cm³/mol. The molecule has 154 valence electrons. The van der Waals surface area contributed by atoms with Crippen molar-refractivity contribution in [3.05, 3.63) is 53.1 Å². The van der Waals surface area contributed by atoms with Gasteiger partial charge in [0.25, 0.3) is 0 Å². The van der Waals surface area contributed by atoms with Crippen LogP contribution in [0.2, 0.25) is 0 Å². The summed E-state index contributed by atoms with van der Waals surface area (Å²) in [7, 11) is 1.59. The fourth-order valence-corrected chi connectivity index (χ4v) is 3.71. The maximum atomic E-state index is 12.1. The number of hydrogen-bond donors (Lipinski definition) is 2. The molecule has 0 aliphatic rings. The number of aliphatic hydroxyl groups excluding tert-OH is 1. The highest BCUT2D eigenvalue weighted by Gasteiger charge is 2.24. The lowest BCUT2D eigenvalue weighted by Gasteiger charge is -2.18. The molecule has 2 heterocycles. The van der Waals surface area contributed by atoms with E-state index in [1.807, 2.05) is 24.3 Å². The first-order valence-corrected chi connectivity index (χ1v) is 9.93. The van der Waals surface area contributed by atoms with E-state index in [4.69, 9.17) is 13.9 Å². The molecule has 3 aromatic rings. The number of amides is 1. The third-order valence-electron chi connectivity index (χ3n) is 3.92. The summed E-state index contributed by atoms with van der Waals surface area (Å²) < 4.78 is 16.1. The van der Waals surface area contributed by atoms with Crippen molar-refractivity contribution in [3.63, 3.8) is 0 Å². The highest BCUT2D eigenvalue weighted by Crippen LogP contribution is 2.38. The fraction of sp³-hybridized carbons (Fsp3) is 0.333. The Hall–Kier alpha value is -2.84. The molecule has 2 N–H and O–H groups in total. The zero-order valence-corrected chi connectivity index (χ0v) is 17.6. The van der Waals surface area contributed by atoms with Crippen molar-refractivity contribution >= 4 is 22.6 Å². The smallest absolute Gasteiger partial charge is 0.413 e. The van der Waals surface area contributed by atoms with Gasteiger partial charge < -0.3 is 19.0 Å². The molecule has 0 radical (unpaired) electrons. The molecule has 7 nitrogen and oxygen atoms in total. The first-order valence-electron chi connectivity index (χ1n) is 9.11. The first kappa shape index (κ1) is 20.9. The quantitative estimate of drug-likeness (QED) is 0.585. The van der Waals surface area contributed by atoms with Gasteiger partial charge in [0.1, 0.15) is 17.0 Å². The number of nitrogens with one attached hydrogen (secondary N) is 1. The molecule has 1 aromatic carbocycles. The van der Waals surface area contributed by atoms with E-state index in [1.54, 1.807) is 40.0 Å². The van der Waals surface area contributed by atoms with E-state index in [9.17, 15) is 9.90 Å². The summed E-state index contributed by atoms with van der Waals surface area (Å²) >= 11 is 1.18. The number of benzene rings is 1. The van der Waals surface area contributed by atoms with Gasteiger partial charge in [-0.25, -0.2) is 9.78 Å². The number of ether oxygens (including phenoxy) is 2.